The third-order valence-electron chi connectivity index (χ3n) is 3.61. The first-order chi connectivity index (χ1) is 12.0. The molecule has 3 rings (SSSR count). The molecule has 0 unspecified atom stereocenters. The van der Waals surface area contributed by atoms with Gasteiger partial charge in [-0.3, -0.25) is 0 Å². The van der Waals surface area contributed by atoms with Crippen molar-refractivity contribution in [2.24, 2.45) is 0 Å². The van der Waals surface area contributed by atoms with Crippen LogP contribution in [-0.4, -0.2) is 9.97 Å². The van der Waals surface area contributed by atoms with E-state index in [9.17, 15) is 0 Å². The summed E-state index contributed by atoms with van der Waals surface area (Å²) in [4.78, 5) is 8.67. The summed E-state index contributed by atoms with van der Waals surface area (Å²) < 4.78 is 0. The topological polar surface area (TPSA) is 73.6 Å². The van der Waals surface area contributed by atoms with Crippen LogP contribution in [-0.2, 0) is 0 Å². The lowest BCUT2D eigenvalue weighted by atomic mass is 10.1. The van der Waals surface area contributed by atoms with Crippen molar-refractivity contribution in [3.8, 4) is 6.07 Å². The molecular weight excluding hydrogens is 334 g/mol. The molecule has 0 aliphatic carbocycles. The zero-order valence-electron chi connectivity index (χ0n) is 13.8. The smallest absolute Gasteiger partial charge is 0.229 e. The van der Waals surface area contributed by atoms with Crippen molar-refractivity contribution in [1.29, 1.82) is 5.26 Å². The molecule has 0 saturated heterocycles. The van der Waals surface area contributed by atoms with E-state index >= 15 is 0 Å². The Kier molecular flexibility index (Phi) is 4.82. The lowest BCUT2D eigenvalue weighted by molar-refractivity contribution is 1.16. The lowest BCUT2D eigenvalue weighted by Crippen LogP contribution is -2.01. The molecule has 0 bridgehead atoms. The molecule has 2 aromatic carbocycles. The van der Waals surface area contributed by atoms with E-state index in [1.165, 1.54) is 0 Å². The van der Waals surface area contributed by atoms with Crippen molar-refractivity contribution in [2.45, 2.75) is 13.8 Å². The third-order valence-corrected chi connectivity index (χ3v) is 3.91. The molecule has 6 heteroatoms. The summed E-state index contributed by atoms with van der Waals surface area (Å²) in [7, 11) is 0. The minimum Gasteiger partial charge on any atom is -0.339 e. The highest BCUT2D eigenvalue weighted by Crippen LogP contribution is 2.30. The van der Waals surface area contributed by atoms with Gasteiger partial charge in [0, 0.05) is 11.9 Å². The molecule has 5 nitrogen and oxygen atoms in total. The van der Waals surface area contributed by atoms with Crippen LogP contribution in [0.15, 0.2) is 48.7 Å². The second-order valence-electron chi connectivity index (χ2n) is 5.64. The molecule has 0 saturated carbocycles. The molecule has 0 aliphatic rings. The maximum Gasteiger partial charge on any atom is 0.229 e. The largest absolute Gasteiger partial charge is 0.339 e. The summed E-state index contributed by atoms with van der Waals surface area (Å²) in [6.45, 7) is 4.01. The maximum absolute atomic E-state index is 8.84. The molecule has 2 N–H and O–H groups in total. The van der Waals surface area contributed by atoms with Gasteiger partial charge in [0.1, 0.15) is 5.82 Å². The molecule has 0 radical (unpaired) electrons. The van der Waals surface area contributed by atoms with Crippen LogP contribution in [0.4, 0.5) is 23.1 Å². The average Bonchev–Trinajstić information content (AvgIpc) is 2.59. The van der Waals surface area contributed by atoms with E-state index in [1.54, 1.807) is 24.4 Å². The molecule has 0 spiro atoms. The van der Waals surface area contributed by atoms with Crippen LogP contribution < -0.4 is 10.6 Å². The Morgan fingerprint density at radius 3 is 2.48 bits per heavy atom. The maximum atomic E-state index is 8.84. The first-order valence-corrected chi connectivity index (χ1v) is 8.07. The Labute approximate surface area is 151 Å². The van der Waals surface area contributed by atoms with Crippen molar-refractivity contribution >= 4 is 34.7 Å². The fourth-order valence-corrected chi connectivity index (χ4v) is 2.82. The van der Waals surface area contributed by atoms with Crippen LogP contribution in [0.2, 0.25) is 5.02 Å². The zero-order chi connectivity index (χ0) is 17.8. The van der Waals surface area contributed by atoms with Gasteiger partial charge < -0.3 is 10.6 Å². The molecule has 124 valence electrons. The molecule has 1 heterocycles. The summed E-state index contributed by atoms with van der Waals surface area (Å²) in [6, 6.07) is 14.9. The van der Waals surface area contributed by atoms with Gasteiger partial charge in [-0.25, -0.2) is 4.98 Å². The van der Waals surface area contributed by atoms with Crippen LogP contribution >= 0.6 is 11.6 Å². The molecule has 1 aromatic heterocycles. The van der Waals surface area contributed by atoms with E-state index in [1.807, 2.05) is 32.0 Å². The molecular formula is C19H16ClN5. The first-order valence-electron chi connectivity index (χ1n) is 7.69. The van der Waals surface area contributed by atoms with Crippen molar-refractivity contribution in [3.05, 3.63) is 70.4 Å². The minimum atomic E-state index is 0.454. The molecule has 25 heavy (non-hydrogen) atoms. The number of hydrogen-bond donors (Lipinski definition) is 2. The second kappa shape index (κ2) is 7.20. The number of anilines is 4. The average molecular weight is 350 g/mol. The number of hydrogen-bond acceptors (Lipinski definition) is 5. The molecule has 0 atom stereocenters. The van der Waals surface area contributed by atoms with Gasteiger partial charge in [0.05, 0.1) is 22.3 Å². The summed E-state index contributed by atoms with van der Waals surface area (Å²) in [6.07, 6.45) is 1.67. The van der Waals surface area contributed by atoms with Crippen molar-refractivity contribution in [2.75, 3.05) is 10.6 Å². The quantitative estimate of drug-likeness (QED) is 0.685. The van der Waals surface area contributed by atoms with Gasteiger partial charge >= 0.3 is 0 Å². The summed E-state index contributed by atoms with van der Waals surface area (Å²) in [5.41, 5.74) is 4.39. The predicted molar refractivity (Wildman–Crippen MR) is 101 cm³/mol. The third kappa shape index (κ3) is 4.06. The van der Waals surface area contributed by atoms with E-state index in [4.69, 9.17) is 16.9 Å². The van der Waals surface area contributed by atoms with E-state index < -0.39 is 0 Å². The van der Waals surface area contributed by atoms with Crippen LogP contribution in [0.1, 0.15) is 16.7 Å². The SMILES string of the molecule is Cc1cc(C)c(Nc2ccnc(Nc3ccc(C#N)cc3)n2)c(Cl)c1. The van der Waals surface area contributed by atoms with Gasteiger partial charge in [-0.15, -0.1) is 0 Å². The lowest BCUT2D eigenvalue weighted by Gasteiger charge is -2.13. The highest BCUT2D eigenvalue weighted by atomic mass is 35.5. The van der Waals surface area contributed by atoms with E-state index in [0.29, 0.717) is 22.4 Å². The van der Waals surface area contributed by atoms with Gasteiger partial charge in [-0.05, 0) is 61.4 Å². The standard InChI is InChI=1S/C19H16ClN5/c1-12-9-13(2)18(16(20)10-12)24-17-7-8-22-19(25-17)23-15-5-3-14(11-21)4-6-15/h3-10H,1-2H3,(H2,22,23,24,25). The molecule has 3 aromatic rings. The van der Waals surface area contributed by atoms with Crippen LogP contribution in [0.3, 0.4) is 0 Å². The van der Waals surface area contributed by atoms with Gasteiger partial charge in [0.15, 0.2) is 0 Å². The predicted octanol–water partition coefficient (Wildman–Crippen LogP) is 5.11. The van der Waals surface area contributed by atoms with E-state index in [0.717, 1.165) is 22.5 Å². The van der Waals surface area contributed by atoms with Gasteiger partial charge in [0.2, 0.25) is 5.95 Å². The highest BCUT2D eigenvalue weighted by molar-refractivity contribution is 6.33. The minimum absolute atomic E-state index is 0.454. The Balaban J connectivity index is 1.81. The van der Waals surface area contributed by atoms with Crippen molar-refractivity contribution in [3.63, 3.8) is 0 Å². The highest BCUT2D eigenvalue weighted by Gasteiger charge is 2.07. The molecule has 0 fully saturated rings. The number of aromatic nitrogens is 2. The Morgan fingerprint density at radius 2 is 1.80 bits per heavy atom. The number of aryl methyl sites for hydroxylation is 2. The normalized spacial score (nSPS) is 10.2. The number of rotatable bonds is 4. The van der Waals surface area contributed by atoms with Gasteiger partial charge in [0.25, 0.3) is 0 Å². The zero-order valence-corrected chi connectivity index (χ0v) is 14.6. The monoisotopic (exact) mass is 349 g/mol. The summed E-state index contributed by atoms with van der Waals surface area (Å²) in [5, 5.41) is 15.9. The fourth-order valence-electron chi connectivity index (χ4n) is 2.45. The second-order valence-corrected chi connectivity index (χ2v) is 6.05. The molecule has 0 amide bonds. The fraction of sp³-hybridized carbons (Fsp3) is 0.105. The van der Waals surface area contributed by atoms with Crippen LogP contribution in [0.5, 0.6) is 0 Å². The number of nitrogens with zero attached hydrogens (tertiary/aromatic N) is 3. The first kappa shape index (κ1) is 16.7. The van der Waals surface area contributed by atoms with Crippen molar-refractivity contribution < 1.29 is 0 Å². The number of nitriles is 1. The van der Waals surface area contributed by atoms with E-state index in [2.05, 4.69) is 32.7 Å². The Hall–Kier alpha value is -3.10. The Morgan fingerprint density at radius 1 is 1.04 bits per heavy atom. The van der Waals surface area contributed by atoms with Crippen LogP contribution in [0, 0.1) is 25.2 Å². The van der Waals surface area contributed by atoms with Crippen molar-refractivity contribution in [1.82, 2.24) is 9.97 Å². The van der Waals surface area contributed by atoms with Gasteiger partial charge in [-0.1, -0.05) is 17.7 Å². The van der Waals surface area contributed by atoms with E-state index in [-0.39, 0.29) is 0 Å². The Bertz CT molecular complexity index is 922. The summed E-state index contributed by atoms with van der Waals surface area (Å²) in [5.74, 6) is 1.09. The summed E-state index contributed by atoms with van der Waals surface area (Å²) >= 11 is 6.33. The van der Waals surface area contributed by atoms with Gasteiger partial charge in [-0.2, -0.15) is 10.2 Å². The van der Waals surface area contributed by atoms with Crippen LogP contribution in [0.25, 0.3) is 0 Å². The molecule has 0 aliphatic heterocycles. The number of nitrogens with one attached hydrogen (secondary N) is 2. The number of benzene rings is 2. The number of halogens is 1.